The Balaban J connectivity index is 2.03. The molecule has 1 aliphatic rings. The van der Waals surface area contributed by atoms with E-state index in [-0.39, 0.29) is 5.57 Å². The van der Waals surface area contributed by atoms with E-state index in [1.54, 1.807) is 24.3 Å². The van der Waals surface area contributed by atoms with Crippen LogP contribution in [0.5, 0.6) is 0 Å². The summed E-state index contributed by atoms with van der Waals surface area (Å²) in [6, 6.07) is 9.13. The van der Waals surface area contributed by atoms with E-state index in [2.05, 4.69) is 5.32 Å². The van der Waals surface area contributed by atoms with Crippen molar-refractivity contribution in [2.75, 3.05) is 4.90 Å². The molecule has 0 saturated carbocycles. The molecule has 0 aliphatic carbocycles. The average molecular weight is 389 g/mol. The van der Waals surface area contributed by atoms with Gasteiger partial charge in [-0.3, -0.25) is 14.9 Å². The van der Waals surface area contributed by atoms with Gasteiger partial charge in [-0.05, 0) is 60.9 Å². The number of imide groups is 2. The molecule has 0 atom stereocenters. The van der Waals surface area contributed by atoms with Crippen LogP contribution in [0.25, 0.3) is 6.08 Å². The van der Waals surface area contributed by atoms with Gasteiger partial charge in [-0.25, -0.2) is 9.69 Å². The summed E-state index contributed by atoms with van der Waals surface area (Å²) < 4.78 is 0. The number of nitrogens with one attached hydrogen (secondary N) is 1. The minimum atomic E-state index is -0.783. The summed E-state index contributed by atoms with van der Waals surface area (Å²) in [6.45, 7) is 3.80. The quantitative estimate of drug-likeness (QED) is 0.616. The molecule has 7 heteroatoms. The van der Waals surface area contributed by atoms with Crippen molar-refractivity contribution in [2.45, 2.75) is 13.8 Å². The van der Waals surface area contributed by atoms with E-state index in [0.29, 0.717) is 21.3 Å². The third-order valence-electron chi connectivity index (χ3n) is 4.11. The lowest BCUT2D eigenvalue weighted by atomic mass is 10.1. The number of urea groups is 1. The van der Waals surface area contributed by atoms with Gasteiger partial charge >= 0.3 is 6.03 Å². The molecule has 5 nitrogen and oxygen atoms in total. The monoisotopic (exact) mass is 388 g/mol. The fourth-order valence-corrected chi connectivity index (χ4v) is 2.83. The number of aryl methyl sites for hydroxylation is 2. The lowest BCUT2D eigenvalue weighted by Crippen LogP contribution is -2.54. The molecule has 0 unspecified atom stereocenters. The summed E-state index contributed by atoms with van der Waals surface area (Å²) in [7, 11) is 0. The van der Waals surface area contributed by atoms with Gasteiger partial charge in [0.2, 0.25) is 0 Å². The lowest BCUT2D eigenvalue weighted by Gasteiger charge is -2.26. The molecule has 1 saturated heterocycles. The van der Waals surface area contributed by atoms with Gasteiger partial charge < -0.3 is 0 Å². The van der Waals surface area contributed by atoms with Gasteiger partial charge in [0, 0.05) is 0 Å². The van der Waals surface area contributed by atoms with Crippen LogP contribution in [0.1, 0.15) is 16.7 Å². The fraction of sp³-hybridized carbons (Fsp3) is 0.105. The molecule has 1 aliphatic heterocycles. The number of anilines is 1. The second-order valence-electron chi connectivity index (χ2n) is 5.90. The predicted molar refractivity (Wildman–Crippen MR) is 101 cm³/mol. The second-order valence-corrected chi connectivity index (χ2v) is 6.71. The molecule has 1 fully saturated rings. The molecule has 4 amide bonds. The Hall–Kier alpha value is -2.63. The predicted octanol–water partition coefficient (Wildman–Crippen LogP) is 4.28. The summed E-state index contributed by atoms with van der Waals surface area (Å²) in [5.74, 6) is -1.46. The standard InChI is InChI=1S/C19H14Cl2N2O3/c1-10-3-5-13(7-11(10)2)23-18(25)14(17(24)22-19(23)26)8-12-4-6-15(20)16(21)9-12/h3-9H,1-2H3,(H,22,24,26)/b14-8-. The van der Waals surface area contributed by atoms with E-state index in [9.17, 15) is 14.4 Å². The first-order valence-electron chi connectivity index (χ1n) is 7.71. The zero-order chi connectivity index (χ0) is 19.0. The SMILES string of the molecule is Cc1ccc(N2C(=O)NC(=O)/C(=C/c3ccc(Cl)c(Cl)c3)C2=O)cc1C. The van der Waals surface area contributed by atoms with E-state index in [1.807, 2.05) is 19.9 Å². The van der Waals surface area contributed by atoms with Crippen molar-refractivity contribution in [1.29, 1.82) is 0 Å². The molecule has 0 spiro atoms. The molecular weight excluding hydrogens is 375 g/mol. The first-order chi connectivity index (χ1) is 12.3. The fourth-order valence-electron chi connectivity index (χ4n) is 2.53. The maximum Gasteiger partial charge on any atom is 0.335 e. The minimum Gasteiger partial charge on any atom is -0.273 e. The zero-order valence-corrected chi connectivity index (χ0v) is 15.5. The van der Waals surface area contributed by atoms with Crippen molar-refractivity contribution in [3.63, 3.8) is 0 Å². The molecule has 0 aromatic heterocycles. The minimum absolute atomic E-state index is 0.166. The van der Waals surface area contributed by atoms with Crippen molar-refractivity contribution in [3.8, 4) is 0 Å². The number of hydrogen-bond donors (Lipinski definition) is 1. The first-order valence-corrected chi connectivity index (χ1v) is 8.47. The smallest absolute Gasteiger partial charge is 0.273 e. The molecule has 132 valence electrons. The number of nitrogens with zero attached hydrogens (tertiary/aromatic N) is 1. The van der Waals surface area contributed by atoms with Crippen LogP contribution in [0.15, 0.2) is 42.0 Å². The number of barbiturate groups is 1. The molecular formula is C19H14Cl2N2O3. The summed E-state index contributed by atoms with van der Waals surface area (Å²) in [4.78, 5) is 38.1. The number of amides is 4. The van der Waals surface area contributed by atoms with Crippen LogP contribution in [0, 0.1) is 13.8 Å². The highest BCUT2D eigenvalue weighted by molar-refractivity contribution is 6.42. The Kier molecular flexibility index (Phi) is 4.85. The van der Waals surface area contributed by atoms with Crippen LogP contribution >= 0.6 is 23.2 Å². The van der Waals surface area contributed by atoms with Crippen LogP contribution in [0.4, 0.5) is 10.5 Å². The Morgan fingerprint density at radius 2 is 1.65 bits per heavy atom. The van der Waals surface area contributed by atoms with Gasteiger partial charge in [0.15, 0.2) is 0 Å². The summed E-state index contributed by atoms with van der Waals surface area (Å²) in [6.07, 6.45) is 1.38. The van der Waals surface area contributed by atoms with Gasteiger partial charge in [-0.15, -0.1) is 0 Å². The highest BCUT2D eigenvalue weighted by Crippen LogP contribution is 2.26. The molecule has 2 aromatic carbocycles. The van der Waals surface area contributed by atoms with Gasteiger partial charge in [0.05, 0.1) is 15.7 Å². The van der Waals surface area contributed by atoms with Crippen LogP contribution in [0.3, 0.4) is 0 Å². The number of hydrogen-bond acceptors (Lipinski definition) is 3. The normalized spacial score (nSPS) is 16.2. The van der Waals surface area contributed by atoms with Crippen LogP contribution in [-0.4, -0.2) is 17.8 Å². The van der Waals surface area contributed by atoms with E-state index < -0.39 is 17.8 Å². The van der Waals surface area contributed by atoms with Crippen LogP contribution in [-0.2, 0) is 9.59 Å². The molecule has 1 heterocycles. The van der Waals surface area contributed by atoms with E-state index in [4.69, 9.17) is 23.2 Å². The number of benzene rings is 2. The van der Waals surface area contributed by atoms with Crippen molar-refractivity contribution in [3.05, 3.63) is 68.7 Å². The van der Waals surface area contributed by atoms with Crippen molar-refractivity contribution in [2.24, 2.45) is 0 Å². The number of halogens is 2. The molecule has 0 bridgehead atoms. The summed E-state index contributed by atoms with van der Waals surface area (Å²) >= 11 is 11.9. The third kappa shape index (κ3) is 3.36. The maximum absolute atomic E-state index is 12.8. The average Bonchev–Trinajstić information content (AvgIpc) is 2.57. The first kappa shape index (κ1) is 18.2. The second kappa shape index (κ2) is 6.94. The molecule has 26 heavy (non-hydrogen) atoms. The van der Waals surface area contributed by atoms with Gasteiger partial charge in [-0.1, -0.05) is 35.3 Å². The van der Waals surface area contributed by atoms with Gasteiger partial charge in [0.1, 0.15) is 5.57 Å². The Morgan fingerprint density at radius 3 is 2.31 bits per heavy atom. The van der Waals surface area contributed by atoms with Crippen LogP contribution in [0.2, 0.25) is 10.0 Å². The lowest BCUT2D eigenvalue weighted by molar-refractivity contribution is -0.122. The largest absolute Gasteiger partial charge is 0.335 e. The number of carbonyl (C=O) groups is 3. The molecule has 0 radical (unpaired) electrons. The number of rotatable bonds is 2. The summed E-state index contributed by atoms with van der Waals surface area (Å²) in [5, 5.41) is 2.85. The van der Waals surface area contributed by atoms with E-state index in [1.165, 1.54) is 12.1 Å². The maximum atomic E-state index is 12.8. The van der Waals surface area contributed by atoms with Crippen molar-refractivity contribution >= 4 is 52.8 Å². The zero-order valence-electron chi connectivity index (χ0n) is 14.0. The highest BCUT2D eigenvalue weighted by atomic mass is 35.5. The van der Waals surface area contributed by atoms with Crippen LogP contribution < -0.4 is 10.2 Å². The third-order valence-corrected chi connectivity index (χ3v) is 4.84. The molecule has 3 rings (SSSR count). The Bertz CT molecular complexity index is 983. The Morgan fingerprint density at radius 1 is 0.923 bits per heavy atom. The molecule has 2 aromatic rings. The Labute approximate surface area is 160 Å². The van der Waals surface area contributed by atoms with Crippen molar-refractivity contribution < 1.29 is 14.4 Å². The van der Waals surface area contributed by atoms with Crippen molar-refractivity contribution in [1.82, 2.24) is 5.32 Å². The highest BCUT2D eigenvalue weighted by Gasteiger charge is 2.36. The van der Waals surface area contributed by atoms with Gasteiger partial charge in [0.25, 0.3) is 11.8 Å². The molecule has 1 N–H and O–H groups in total. The van der Waals surface area contributed by atoms with E-state index >= 15 is 0 Å². The van der Waals surface area contributed by atoms with E-state index in [0.717, 1.165) is 16.0 Å². The topological polar surface area (TPSA) is 66.5 Å². The summed E-state index contributed by atoms with van der Waals surface area (Å²) in [5.41, 5.74) is 2.70. The number of carbonyl (C=O) groups excluding carboxylic acids is 3. The van der Waals surface area contributed by atoms with Gasteiger partial charge in [-0.2, -0.15) is 0 Å².